The quantitative estimate of drug-likeness (QED) is 0.843. The van der Waals surface area contributed by atoms with Crippen molar-refractivity contribution in [1.29, 1.82) is 0 Å². The second kappa shape index (κ2) is 7.02. The first-order chi connectivity index (χ1) is 9.60. The Morgan fingerprint density at radius 3 is 2.35 bits per heavy atom. The van der Waals surface area contributed by atoms with E-state index in [2.05, 4.69) is 5.32 Å². The number of amides is 1. The van der Waals surface area contributed by atoms with E-state index in [1.165, 1.54) is 6.42 Å². The summed E-state index contributed by atoms with van der Waals surface area (Å²) in [5, 5.41) is 2.76. The molecule has 0 bridgehead atoms. The minimum Gasteiger partial charge on any atom is -0.352 e. The lowest BCUT2D eigenvalue weighted by atomic mass is 9.80. The minimum atomic E-state index is -0.744. The highest BCUT2D eigenvalue weighted by atomic mass is 35.5. The van der Waals surface area contributed by atoms with Crippen LogP contribution in [0.5, 0.6) is 0 Å². The van der Waals surface area contributed by atoms with Crippen LogP contribution in [0.25, 0.3) is 0 Å². The monoisotopic (exact) mass is 301 g/mol. The van der Waals surface area contributed by atoms with Gasteiger partial charge in [0.25, 0.3) is 5.91 Å². The maximum absolute atomic E-state index is 13.1. The van der Waals surface area contributed by atoms with Gasteiger partial charge in [-0.05, 0) is 36.8 Å². The fraction of sp³-hybridized carbons (Fsp3) is 0.533. The molecule has 2 unspecified atom stereocenters. The van der Waals surface area contributed by atoms with Crippen LogP contribution in [0.15, 0.2) is 18.2 Å². The maximum Gasteiger partial charge on any atom is 0.251 e. The van der Waals surface area contributed by atoms with Crippen molar-refractivity contribution in [2.24, 2.45) is 11.8 Å². The number of alkyl halides is 1. The van der Waals surface area contributed by atoms with E-state index in [1.807, 2.05) is 0 Å². The maximum atomic E-state index is 13.1. The molecule has 0 aromatic heterocycles. The third-order valence-corrected chi connectivity index (χ3v) is 4.31. The zero-order valence-corrected chi connectivity index (χ0v) is 11.9. The Morgan fingerprint density at radius 1 is 1.15 bits per heavy atom. The summed E-state index contributed by atoms with van der Waals surface area (Å²) < 4.78 is 26.1. The van der Waals surface area contributed by atoms with E-state index >= 15 is 0 Å². The van der Waals surface area contributed by atoms with Gasteiger partial charge in [0, 0.05) is 24.1 Å². The molecule has 1 aromatic carbocycles. The first-order valence-electron chi connectivity index (χ1n) is 6.90. The van der Waals surface area contributed by atoms with Gasteiger partial charge in [-0.1, -0.05) is 12.8 Å². The fourth-order valence-electron chi connectivity index (χ4n) is 2.77. The summed E-state index contributed by atoms with van der Waals surface area (Å²) in [7, 11) is 0. The number of rotatable bonds is 4. The SMILES string of the molecule is O=C(NCC1CCCCC1CCl)c1cc(F)cc(F)c1. The highest BCUT2D eigenvalue weighted by Gasteiger charge is 2.24. The first kappa shape index (κ1) is 15.2. The van der Waals surface area contributed by atoms with Gasteiger partial charge in [-0.2, -0.15) is 0 Å². The van der Waals surface area contributed by atoms with Crippen LogP contribution in [0.1, 0.15) is 36.0 Å². The molecule has 0 heterocycles. The molecule has 20 heavy (non-hydrogen) atoms. The van der Waals surface area contributed by atoms with Crippen molar-refractivity contribution in [3.8, 4) is 0 Å². The molecule has 2 atom stereocenters. The summed E-state index contributed by atoms with van der Waals surface area (Å²) in [5.74, 6) is -0.575. The molecular weight excluding hydrogens is 284 g/mol. The van der Waals surface area contributed by atoms with Crippen molar-refractivity contribution in [2.45, 2.75) is 25.7 Å². The number of nitrogens with one attached hydrogen (secondary N) is 1. The van der Waals surface area contributed by atoms with Crippen LogP contribution >= 0.6 is 11.6 Å². The van der Waals surface area contributed by atoms with Crippen molar-refractivity contribution >= 4 is 17.5 Å². The fourth-order valence-corrected chi connectivity index (χ4v) is 3.17. The molecule has 1 aliphatic rings. The van der Waals surface area contributed by atoms with E-state index in [4.69, 9.17) is 11.6 Å². The van der Waals surface area contributed by atoms with Gasteiger partial charge in [0.2, 0.25) is 0 Å². The molecule has 1 amide bonds. The largest absolute Gasteiger partial charge is 0.352 e. The topological polar surface area (TPSA) is 29.1 Å². The summed E-state index contributed by atoms with van der Waals surface area (Å²) in [6.45, 7) is 0.508. The van der Waals surface area contributed by atoms with Crippen LogP contribution < -0.4 is 5.32 Å². The number of halogens is 3. The predicted octanol–water partition coefficient (Wildman–Crippen LogP) is 3.74. The van der Waals surface area contributed by atoms with E-state index in [0.717, 1.165) is 37.5 Å². The average molecular weight is 302 g/mol. The van der Waals surface area contributed by atoms with Gasteiger partial charge in [-0.25, -0.2) is 8.78 Å². The lowest BCUT2D eigenvalue weighted by Crippen LogP contribution is -2.35. The molecule has 1 fully saturated rings. The zero-order valence-electron chi connectivity index (χ0n) is 11.2. The molecule has 2 nitrogen and oxygen atoms in total. The highest BCUT2D eigenvalue weighted by molar-refractivity contribution is 6.18. The van der Waals surface area contributed by atoms with E-state index < -0.39 is 17.5 Å². The van der Waals surface area contributed by atoms with Crippen LogP contribution in [0.4, 0.5) is 8.78 Å². The molecule has 5 heteroatoms. The molecule has 1 aliphatic carbocycles. The van der Waals surface area contributed by atoms with Crippen LogP contribution in [-0.2, 0) is 0 Å². The lowest BCUT2D eigenvalue weighted by molar-refractivity contribution is 0.0935. The van der Waals surface area contributed by atoms with Gasteiger partial charge in [0.1, 0.15) is 11.6 Å². The Kier molecular flexibility index (Phi) is 5.35. The number of hydrogen-bond donors (Lipinski definition) is 1. The molecule has 1 N–H and O–H groups in total. The number of benzene rings is 1. The van der Waals surface area contributed by atoms with Crippen molar-refractivity contribution < 1.29 is 13.6 Å². The Labute approximate surface area is 122 Å². The van der Waals surface area contributed by atoms with Gasteiger partial charge < -0.3 is 5.32 Å². The second-order valence-electron chi connectivity index (χ2n) is 5.33. The standard InChI is InChI=1S/C15H18ClF2NO/c16-8-10-3-1-2-4-11(10)9-19-15(20)12-5-13(17)7-14(18)6-12/h5-7,10-11H,1-4,8-9H2,(H,19,20). The predicted molar refractivity (Wildman–Crippen MR) is 74.9 cm³/mol. The number of carbonyl (C=O) groups is 1. The molecule has 1 saturated carbocycles. The molecule has 110 valence electrons. The van der Waals surface area contributed by atoms with E-state index in [1.54, 1.807) is 0 Å². The van der Waals surface area contributed by atoms with Crippen LogP contribution in [0.2, 0.25) is 0 Å². The third-order valence-electron chi connectivity index (χ3n) is 3.91. The van der Waals surface area contributed by atoms with Crippen molar-refractivity contribution in [3.63, 3.8) is 0 Å². The molecule has 2 rings (SSSR count). The van der Waals surface area contributed by atoms with Gasteiger partial charge >= 0.3 is 0 Å². The Hall–Kier alpha value is -1.16. The smallest absolute Gasteiger partial charge is 0.251 e. The van der Waals surface area contributed by atoms with Crippen molar-refractivity contribution in [2.75, 3.05) is 12.4 Å². The number of carbonyl (C=O) groups excluding carboxylic acids is 1. The molecule has 0 aliphatic heterocycles. The summed E-state index contributed by atoms with van der Waals surface area (Å²) in [6.07, 6.45) is 4.44. The first-order valence-corrected chi connectivity index (χ1v) is 7.44. The van der Waals surface area contributed by atoms with E-state index in [0.29, 0.717) is 24.3 Å². The normalized spacial score (nSPS) is 22.6. The Bertz CT molecular complexity index is 461. The molecule has 0 radical (unpaired) electrons. The highest BCUT2D eigenvalue weighted by Crippen LogP contribution is 2.30. The summed E-state index contributed by atoms with van der Waals surface area (Å²) in [5.41, 5.74) is 0.0146. The van der Waals surface area contributed by atoms with E-state index in [-0.39, 0.29) is 5.56 Å². The van der Waals surface area contributed by atoms with Crippen LogP contribution in [-0.4, -0.2) is 18.3 Å². The summed E-state index contributed by atoms with van der Waals surface area (Å²) in [4.78, 5) is 11.9. The van der Waals surface area contributed by atoms with Crippen molar-refractivity contribution in [3.05, 3.63) is 35.4 Å². The Morgan fingerprint density at radius 2 is 1.75 bits per heavy atom. The van der Waals surface area contributed by atoms with Crippen LogP contribution in [0.3, 0.4) is 0 Å². The van der Waals surface area contributed by atoms with Gasteiger partial charge in [0.15, 0.2) is 0 Å². The zero-order chi connectivity index (χ0) is 14.5. The van der Waals surface area contributed by atoms with Gasteiger partial charge in [-0.15, -0.1) is 11.6 Å². The van der Waals surface area contributed by atoms with Crippen LogP contribution in [0, 0.1) is 23.5 Å². The van der Waals surface area contributed by atoms with Crippen molar-refractivity contribution in [1.82, 2.24) is 5.32 Å². The third kappa shape index (κ3) is 3.92. The molecule has 1 aromatic rings. The lowest BCUT2D eigenvalue weighted by Gasteiger charge is -2.30. The second-order valence-corrected chi connectivity index (χ2v) is 5.64. The number of hydrogen-bond acceptors (Lipinski definition) is 1. The minimum absolute atomic E-state index is 0.0146. The summed E-state index contributed by atoms with van der Waals surface area (Å²) in [6, 6.07) is 2.83. The molecule has 0 spiro atoms. The molecule has 0 saturated heterocycles. The molecular formula is C15H18ClF2NO. The Balaban J connectivity index is 1.94. The van der Waals surface area contributed by atoms with Gasteiger partial charge in [-0.3, -0.25) is 4.79 Å². The summed E-state index contributed by atoms with van der Waals surface area (Å²) >= 11 is 5.94. The average Bonchev–Trinajstić information content (AvgIpc) is 2.44. The van der Waals surface area contributed by atoms with Gasteiger partial charge in [0.05, 0.1) is 0 Å². The van der Waals surface area contributed by atoms with E-state index in [9.17, 15) is 13.6 Å².